The molecule has 0 heterocycles. The number of aryl methyl sites for hydroxylation is 1. The molecule has 5 nitrogen and oxygen atoms in total. The lowest BCUT2D eigenvalue weighted by molar-refractivity contribution is -0.134. The molecular weight excluding hydrogens is 308 g/mol. The smallest absolute Gasteiger partial charge is 0.311 e. The Balaban J connectivity index is 2.01. The van der Waals surface area contributed by atoms with Crippen LogP contribution >= 0.6 is 0 Å². The molecule has 0 aliphatic carbocycles. The SMILES string of the molecule is CC(C)(C)c1cc(CCC(=O)Oc2cc(O)cc(O)c2)ccc1O. The van der Waals surface area contributed by atoms with Gasteiger partial charge in [0, 0.05) is 24.6 Å². The summed E-state index contributed by atoms with van der Waals surface area (Å²) in [4.78, 5) is 11.9. The fourth-order valence-corrected chi connectivity index (χ4v) is 2.40. The van der Waals surface area contributed by atoms with Crippen molar-refractivity contribution in [2.45, 2.75) is 39.0 Å². The maximum atomic E-state index is 11.9. The summed E-state index contributed by atoms with van der Waals surface area (Å²) in [6, 6.07) is 8.98. The van der Waals surface area contributed by atoms with E-state index in [-0.39, 0.29) is 34.8 Å². The van der Waals surface area contributed by atoms with Crippen molar-refractivity contribution in [3.05, 3.63) is 47.5 Å². The summed E-state index contributed by atoms with van der Waals surface area (Å²) in [7, 11) is 0. The molecule has 0 atom stereocenters. The highest BCUT2D eigenvalue weighted by atomic mass is 16.5. The van der Waals surface area contributed by atoms with Gasteiger partial charge in [0.2, 0.25) is 0 Å². The molecule has 0 unspecified atom stereocenters. The van der Waals surface area contributed by atoms with E-state index in [2.05, 4.69) is 0 Å². The maximum absolute atomic E-state index is 11.9. The molecule has 0 saturated heterocycles. The summed E-state index contributed by atoms with van der Waals surface area (Å²) >= 11 is 0. The Morgan fingerprint density at radius 3 is 2.21 bits per heavy atom. The number of rotatable bonds is 4. The number of benzene rings is 2. The Labute approximate surface area is 141 Å². The van der Waals surface area contributed by atoms with Gasteiger partial charge in [0.05, 0.1) is 0 Å². The molecule has 0 saturated carbocycles. The summed E-state index contributed by atoms with van der Waals surface area (Å²) in [5.41, 5.74) is 1.55. The monoisotopic (exact) mass is 330 g/mol. The van der Waals surface area contributed by atoms with Crippen molar-refractivity contribution < 1.29 is 24.9 Å². The van der Waals surface area contributed by atoms with E-state index in [0.29, 0.717) is 6.42 Å². The fraction of sp³-hybridized carbons (Fsp3) is 0.316. The zero-order valence-electron chi connectivity index (χ0n) is 14.0. The van der Waals surface area contributed by atoms with Crippen molar-refractivity contribution in [2.75, 3.05) is 0 Å². The number of carbonyl (C=O) groups is 1. The molecule has 3 N–H and O–H groups in total. The highest BCUT2D eigenvalue weighted by molar-refractivity contribution is 5.73. The van der Waals surface area contributed by atoms with Crippen LogP contribution in [0.25, 0.3) is 0 Å². The van der Waals surface area contributed by atoms with Crippen molar-refractivity contribution in [1.82, 2.24) is 0 Å². The van der Waals surface area contributed by atoms with E-state index in [1.165, 1.54) is 12.1 Å². The number of ether oxygens (including phenoxy) is 1. The van der Waals surface area contributed by atoms with Crippen molar-refractivity contribution >= 4 is 5.97 Å². The summed E-state index contributed by atoms with van der Waals surface area (Å²) in [6.45, 7) is 6.03. The first-order chi connectivity index (χ1) is 11.1. The molecule has 0 aromatic heterocycles. The largest absolute Gasteiger partial charge is 0.508 e. The average Bonchev–Trinajstić information content (AvgIpc) is 2.44. The van der Waals surface area contributed by atoms with E-state index < -0.39 is 5.97 Å². The minimum atomic E-state index is -0.467. The van der Waals surface area contributed by atoms with Gasteiger partial charge in [-0.15, -0.1) is 0 Å². The molecule has 0 fully saturated rings. The van der Waals surface area contributed by atoms with E-state index in [0.717, 1.165) is 17.2 Å². The van der Waals surface area contributed by atoms with Gasteiger partial charge in [-0.25, -0.2) is 0 Å². The minimum Gasteiger partial charge on any atom is -0.508 e. The molecule has 0 aliphatic heterocycles. The molecule has 0 amide bonds. The van der Waals surface area contributed by atoms with Gasteiger partial charge in [-0.1, -0.05) is 32.9 Å². The predicted molar refractivity (Wildman–Crippen MR) is 90.5 cm³/mol. The van der Waals surface area contributed by atoms with Crippen LogP contribution in [0.4, 0.5) is 0 Å². The zero-order chi connectivity index (χ0) is 17.9. The predicted octanol–water partition coefficient (Wildman–Crippen LogP) is 3.64. The van der Waals surface area contributed by atoms with Gasteiger partial charge in [0.15, 0.2) is 0 Å². The van der Waals surface area contributed by atoms with Gasteiger partial charge in [-0.2, -0.15) is 0 Å². The molecule has 2 aromatic rings. The summed E-state index contributed by atoms with van der Waals surface area (Å²) in [5, 5.41) is 28.7. The second kappa shape index (κ2) is 6.83. The van der Waals surface area contributed by atoms with E-state index in [9.17, 15) is 20.1 Å². The van der Waals surface area contributed by atoms with E-state index in [1.54, 1.807) is 12.1 Å². The fourth-order valence-electron chi connectivity index (χ4n) is 2.40. The standard InChI is InChI=1S/C19H22O5/c1-19(2,3)16-8-12(4-6-17(16)22)5-7-18(23)24-15-10-13(20)9-14(21)11-15/h4,6,8-11,20-22H,5,7H2,1-3H3. The molecule has 2 rings (SSSR count). The highest BCUT2D eigenvalue weighted by Crippen LogP contribution is 2.31. The van der Waals surface area contributed by atoms with Crippen LogP contribution in [0.1, 0.15) is 38.3 Å². The van der Waals surface area contributed by atoms with Crippen LogP contribution in [-0.4, -0.2) is 21.3 Å². The highest BCUT2D eigenvalue weighted by Gasteiger charge is 2.18. The Morgan fingerprint density at radius 1 is 1.00 bits per heavy atom. The topological polar surface area (TPSA) is 87.0 Å². The lowest BCUT2D eigenvalue weighted by Gasteiger charge is -2.21. The Hall–Kier alpha value is -2.69. The normalized spacial score (nSPS) is 11.3. The second-order valence-electron chi connectivity index (χ2n) is 6.76. The van der Waals surface area contributed by atoms with Gasteiger partial charge in [-0.3, -0.25) is 4.79 Å². The molecule has 0 radical (unpaired) electrons. The molecule has 2 aromatic carbocycles. The van der Waals surface area contributed by atoms with E-state index in [1.807, 2.05) is 26.8 Å². The Morgan fingerprint density at radius 2 is 1.62 bits per heavy atom. The van der Waals surface area contributed by atoms with Crippen molar-refractivity contribution in [1.29, 1.82) is 0 Å². The maximum Gasteiger partial charge on any atom is 0.311 e. The van der Waals surface area contributed by atoms with Crippen LogP contribution in [0.3, 0.4) is 0 Å². The first-order valence-electron chi connectivity index (χ1n) is 7.71. The number of aromatic hydroxyl groups is 3. The van der Waals surface area contributed by atoms with Gasteiger partial charge in [0.1, 0.15) is 23.0 Å². The van der Waals surface area contributed by atoms with Crippen LogP contribution in [0.15, 0.2) is 36.4 Å². The third-order valence-corrected chi connectivity index (χ3v) is 3.59. The van der Waals surface area contributed by atoms with Gasteiger partial charge in [-0.05, 0) is 29.0 Å². The number of hydrogen-bond acceptors (Lipinski definition) is 5. The van der Waals surface area contributed by atoms with Crippen LogP contribution in [-0.2, 0) is 16.6 Å². The Bertz CT molecular complexity index is 724. The summed E-state index contributed by atoms with van der Waals surface area (Å²) < 4.78 is 5.11. The first kappa shape index (κ1) is 17.7. The van der Waals surface area contributed by atoms with Crippen LogP contribution < -0.4 is 4.74 Å². The molecule has 128 valence electrons. The van der Waals surface area contributed by atoms with Gasteiger partial charge in [0.25, 0.3) is 0 Å². The summed E-state index contributed by atoms with van der Waals surface area (Å²) in [6.07, 6.45) is 0.609. The average molecular weight is 330 g/mol. The van der Waals surface area contributed by atoms with E-state index >= 15 is 0 Å². The lowest BCUT2D eigenvalue weighted by Crippen LogP contribution is -2.12. The molecule has 0 aliphatic rings. The van der Waals surface area contributed by atoms with Crippen LogP contribution in [0.2, 0.25) is 0 Å². The zero-order valence-corrected chi connectivity index (χ0v) is 14.0. The summed E-state index contributed by atoms with van der Waals surface area (Å²) in [5.74, 6) is -0.481. The quantitative estimate of drug-likeness (QED) is 0.588. The number of phenolic OH excluding ortho intramolecular Hbond substituents is 3. The molecule has 0 spiro atoms. The molecular formula is C19H22O5. The molecule has 5 heteroatoms. The minimum absolute atomic E-state index is 0.0959. The number of hydrogen-bond donors (Lipinski definition) is 3. The van der Waals surface area contributed by atoms with Crippen LogP contribution in [0.5, 0.6) is 23.0 Å². The third-order valence-electron chi connectivity index (χ3n) is 3.59. The first-order valence-corrected chi connectivity index (χ1v) is 7.71. The van der Waals surface area contributed by atoms with Crippen molar-refractivity contribution in [3.63, 3.8) is 0 Å². The van der Waals surface area contributed by atoms with Gasteiger partial charge >= 0.3 is 5.97 Å². The molecule has 24 heavy (non-hydrogen) atoms. The van der Waals surface area contributed by atoms with Crippen molar-refractivity contribution in [3.8, 4) is 23.0 Å². The Kier molecular flexibility index (Phi) is 5.02. The van der Waals surface area contributed by atoms with E-state index in [4.69, 9.17) is 4.74 Å². The lowest BCUT2D eigenvalue weighted by atomic mass is 9.85. The second-order valence-corrected chi connectivity index (χ2v) is 6.76. The third kappa shape index (κ3) is 4.65. The number of carbonyl (C=O) groups excluding carboxylic acids is 1. The number of phenols is 3. The van der Waals surface area contributed by atoms with Gasteiger partial charge < -0.3 is 20.1 Å². The van der Waals surface area contributed by atoms with Crippen LogP contribution in [0, 0.1) is 0 Å². The number of esters is 1. The van der Waals surface area contributed by atoms with Crippen molar-refractivity contribution in [2.24, 2.45) is 0 Å². The molecule has 0 bridgehead atoms.